The zero-order valence-corrected chi connectivity index (χ0v) is 15.0. The van der Waals surface area contributed by atoms with Crippen molar-refractivity contribution in [1.82, 2.24) is 4.90 Å². The Morgan fingerprint density at radius 1 is 1.10 bits per heavy atom. The predicted molar refractivity (Wildman–Crippen MR) is 92.4 cm³/mol. The summed E-state index contributed by atoms with van der Waals surface area (Å²) in [6.07, 6.45) is 10.9. The molecule has 1 aliphatic heterocycles. The van der Waals surface area contributed by atoms with E-state index in [0.717, 1.165) is 18.4 Å². The molecule has 124 valence electrons. The minimum atomic E-state index is 0.315. The van der Waals surface area contributed by atoms with Gasteiger partial charge in [0.25, 0.3) is 0 Å². The zero-order chi connectivity index (χ0) is 15.5. The summed E-state index contributed by atoms with van der Waals surface area (Å²) in [5.41, 5.74) is 7.23. The van der Waals surface area contributed by atoms with Crippen molar-refractivity contribution in [3.05, 3.63) is 0 Å². The molecule has 0 bridgehead atoms. The molecule has 0 spiro atoms. The van der Waals surface area contributed by atoms with E-state index in [9.17, 15) is 0 Å². The summed E-state index contributed by atoms with van der Waals surface area (Å²) in [6, 6.07) is 0. The second kappa shape index (κ2) is 7.00. The number of nitrogens with zero attached hydrogens (tertiary/aromatic N) is 1. The third kappa shape index (κ3) is 3.47. The monoisotopic (exact) mass is 294 g/mol. The van der Waals surface area contributed by atoms with E-state index in [-0.39, 0.29) is 0 Å². The maximum atomic E-state index is 6.34. The number of rotatable bonds is 5. The summed E-state index contributed by atoms with van der Waals surface area (Å²) >= 11 is 0. The molecule has 21 heavy (non-hydrogen) atoms. The van der Waals surface area contributed by atoms with Gasteiger partial charge in [0, 0.05) is 18.6 Å². The van der Waals surface area contributed by atoms with Crippen LogP contribution in [0, 0.1) is 17.3 Å². The van der Waals surface area contributed by atoms with Crippen LogP contribution in [-0.2, 0) is 0 Å². The summed E-state index contributed by atoms with van der Waals surface area (Å²) in [5, 5.41) is 0. The lowest BCUT2D eigenvalue weighted by molar-refractivity contribution is 0.0854. The van der Waals surface area contributed by atoms with Gasteiger partial charge in [0.1, 0.15) is 0 Å². The minimum absolute atomic E-state index is 0.315. The Balaban J connectivity index is 2.08. The molecule has 0 amide bonds. The standard InChI is InChI=1S/C19H38N2/c1-5-18(6-2)12-13-21(15-18)19(14-20)10-7-8-17(9-11-19)16(3)4/h16-17H,5-15,20H2,1-4H3. The first-order chi connectivity index (χ1) is 10.0. The van der Waals surface area contributed by atoms with Crippen molar-refractivity contribution in [2.45, 2.75) is 84.6 Å². The first kappa shape index (κ1) is 17.3. The molecule has 0 radical (unpaired) electrons. The Morgan fingerprint density at radius 2 is 1.81 bits per heavy atom. The Labute approximate surface area is 132 Å². The Hall–Kier alpha value is -0.0800. The van der Waals surface area contributed by atoms with Gasteiger partial charge in [-0.05, 0) is 62.3 Å². The Bertz CT molecular complexity index is 322. The van der Waals surface area contributed by atoms with Crippen LogP contribution in [0.25, 0.3) is 0 Å². The first-order valence-corrected chi connectivity index (χ1v) is 9.46. The van der Waals surface area contributed by atoms with Crippen LogP contribution in [0.4, 0.5) is 0 Å². The highest BCUT2D eigenvalue weighted by Gasteiger charge is 2.45. The fourth-order valence-electron chi connectivity index (χ4n) is 4.90. The lowest BCUT2D eigenvalue weighted by Crippen LogP contribution is -2.53. The highest BCUT2D eigenvalue weighted by atomic mass is 15.2. The van der Waals surface area contributed by atoms with E-state index >= 15 is 0 Å². The van der Waals surface area contributed by atoms with E-state index < -0.39 is 0 Å². The van der Waals surface area contributed by atoms with Gasteiger partial charge in [0.15, 0.2) is 0 Å². The van der Waals surface area contributed by atoms with Crippen LogP contribution < -0.4 is 5.73 Å². The minimum Gasteiger partial charge on any atom is -0.329 e. The van der Waals surface area contributed by atoms with Crippen LogP contribution in [0.1, 0.15) is 79.1 Å². The molecule has 2 fully saturated rings. The summed E-state index contributed by atoms with van der Waals surface area (Å²) in [7, 11) is 0. The zero-order valence-electron chi connectivity index (χ0n) is 15.0. The molecule has 0 aromatic rings. The third-order valence-electron chi connectivity index (χ3n) is 7.13. The molecule has 1 heterocycles. The van der Waals surface area contributed by atoms with E-state index in [1.807, 2.05) is 0 Å². The van der Waals surface area contributed by atoms with Crippen LogP contribution in [0.2, 0.25) is 0 Å². The van der Waals surface area contributed by atoms with E-state index in [1.165, 1.54) is 64.5 Å². The lowest BCUT2D eigenvalue weighted by atomic mass is 9.81. The van der Waals surface area contributed by atoms with Crippen molar-refractivity contribution in [3.8, 4) is 0 Å². The van der Waals surface area contributed by atoms with E-state index in [2.05, 4.69) is 32.6 Å². The molecular formula is C19H38N2. The SMILES string of the molecule is CCC1(CC)CCN(C2(CN)CCCC(C(C)C)CC2)C1. The van der Waals surface area contributed by atoms with Crippen LogP contribution in [0.15, 0.2) is 0 Å². The van der Waals surface area contributed by atoms with Crippen molar-refractivity contribution in [3.63, 3.8) is 0 Å². The van der Waals surface area contributed by atoms with Crippen LogP contribution in [-0.4, -0.2) is 30.1 Å². The second-order valence-electron chi connectivity index (χ2n) is 8.24. The van der Waals surface area contributed by atoms with Gasteiger partial charge in [0.05, 0.1) is 0 Å². The summed E-state index contributed by atoms with van der Waals surface area (Å²) in [6.45, 7) is 13.0. The maximum absolute atomic E-state index is 6.34. The average molecular weight is 295 g/mol. The highest BCUT2D eigenvalue weighted by Crippen LogP contribution is 2.44. The first-order valence-electron chi connectivity index (χ1n) is 9.46. The molecule has 2 rings (SSSR count). The molecule has 0 aromatic heterocycles. The molecule has 2 aliphatic rings. The molecule has 0 aromatic carbocycles. The maximum Gasteiger partial charge on any atom is 0.0332 e. The van der Waals surface area contributed by atoms with Crippen molar-refractivity contribution < 1.29 is 0 Å². The third-order valence-corrected chi connectivity index (χ3v) is 7.13. The molecule has 1 saturated heterocycles. The summed E-state index contributed by atoms with van der Waals surface area (Å²) in [5.74, 6) is 1.76. The fourth-order valence-corrected chi connectivity index (χ4v) is 4.90. The van der Waals surface area contributed by atoms with Gasteiger partial charge in [-0.2, -0.15) is 0 Å². The highest BCUT2D eigenvalue weighted by molar-refractivity contribution is 5.00. The number of hydrogen-bond acceptors (Lipinski definition) is 2. The number of hydrogen-bond donors (Lipinski definition) is 1. The lowest BCUT2D eigenvalue weighted by Gasteiger charge is -2.42. The topological polar surface area (TPSA) is 29.3 Å². The second-order valence-corrected chi connectivity index (χ2v) is 8.24. The smallest absolute Gasteiger partial charge is 0.0332 e. The predicted octanol–water partition coefficient (Wildman–Crippen LogP) is 4.43. The normalized spacial score (nSPS) is 34.3. The quantitative estimate of drug-likeness (QED) is 0.760. The number of likely N-dealkylation sites (tertiary alicyclic amines) is 1. The average Bonchev–Trinajstić information content (AvgIpc) is 2.81. The van der Waals surface area contributed by atoms with Crippen LogP contribution in [0.3, 0.4) is 0 Å². The molecular weight excluding hydrogens is 256 g/mol. The molecule has 2 N–H and O–H groups in total. The van der Waals surface area contributed by atoms with E-state index in [0.29, 0.717) is 11.0 Å². The largest absolute Gasteiger partial charge is 0.329 e. The van der Waals surface area contributed by atoms with Gasteiger partial charge in [-0.1, -0.05) is 40.5 Å². The van der Waals surface area contributed by atoms with E-state index in [1.54, 1.807) is 0 Å². The van der Waals surface area contributed by atoms with Crippen LogP contribution >= 0.6 is 0 Å². The molecule has 1 saturated carbocycles. The molecule has 2 unspecified atom stereocenters. The van der Waals surface area contributed by atoms with Gasteiger partial charge in [-0.25, -0.2) is 0 Å². The molecule has 2 heteroatoms. The number of nitrogens with two attached hydrogens (primary N) is 1. The van der Waals surface area contributed by atoms with Crippen LogP contribution in [0.5, 0.6) is 0 Å². The van der Waals surface area contributed by atoms with Gasteiger partial charge >= 0.3 is 0 Å². The fraction of sp³-hybridized carbons (Fsp3) is 1.00. The van der Waals surface area contributed by atoms with Crippen molar-refractivity contribution in [2.75, 3.05) is 19.6 Å². The van der Waals surface area contributed by atoms with Gasteiger partial charge < -0.3 is 5.73 Å². The summed E-state index contributed by atoms with van der Waals surface area (Å²) in [4.78, 5) is 2.81. The van der Waals surface area contributed by atoms with Gasteiger partial charge in [0.2, 0.25) is 0 Å². The van der Waals surface area contributed by atoms with Gasteiger partial charge in [-0.3, -0.25) is 4.90 Å². The van der Waals surface area contributed by atoms with Crippen molar-refractivity contribution >= 4 is 0 Å². The Kier molecular flexibility index (Phi) is 5.76. The van der Waals surface area contributed by atoms with Gasteiger partial charge in [-0.15, -0.1) is 0 Å². The Morgan fingerprint density at radius 3 is 2.33 bits per heavy atom. The van der Waals surface area contributed by atoms with Crippen molar-refractivity contribution in [2.24, 2.45) is 23.0 Å². The molecule has 2 nitrogen and oxygen atoms in total. The summed E-state index contributed by atoms with van der Waals surface area (Å²) < 4.78 is 0. The molecule has 1 aliphatic carbocycles. The van der Waals surface area contributed by atoms with E-state index in [4.69, 9.17) is 5.73 Å². The van der Waals surface area contributed by atoms with Crippen molar-refractivity contribution in [1.29, 1.82) is 0 Å². The molecule has 2 atom stereocenters.